The van der Waals surface area contributed by atoms with Gasteiger partial charge in [-0.15, -0.1) is 0 Å². The summed E-state index contributed by atoms with van der Waals surface area (Å²) >= 11 is 5.77. The van der Waals surface area contributed by atoms with Crippen molar-refractivity contribution in [2.24, 2.45) is 0 Å². The Hall–Kier alpha value is -1.81. The van der Waals surface area contributed by atoms with Crippen molar-refractivity contribution in [1.29, 1.82) is 0 Å². The minimum Gasteiger partial charge on any atom is -0.495 e. The zero-order chi connectivity index (χ0) is 12.8. The highest BCUT2D eigenvalue weighted by molar-refractivity contribution is 6.32. The summed E-state index contributed by atoms with van der Waals surface area (Å²) < 4.78 is 5.11. The van der Waals surface area contributed by atoms with Gasteiger partial charge < -0.3 is 4.74 Å². The molecule has 0 unspecified atom stereocenters. The van der Waals surface area contributed by atoms with Crippen LogP contribution >= 0.6 is 11.6 Å². The van der Waals surface area contributed by atoms with Crippen molar-refractivity contribution in [3.63, 3.8) is 0 Å². The smallest absolute Gasteiger partial charge is 0.295 e. The highest BCUT2D eigenvalue weighted by Gasteiger charge is 2.15. The van der Waals surface area contributed by atoms with Crippen molar-refractivity contribution in [3.05, 3.63) is 57.3 Å². The van der Waals surface area contributed by atoms with Crippen LogP contribution in [0, 0.1) is 10.1 Å². The molecule has 0 heterocycles. The van der Waals surface area contributed by atoms with E-state index in [-0.39, 0.29) is 10.7 Å². The van der Waals surface area contributed by atoms with Crippen LogP contribution in [-0.2, 0) is 4.74 Å². The van der Waals surface area contributed by atoms with E-state index in [1.54, 1.807) is 24.3 Å². The summed E-state index contributed by atoms with van der Waals surface area (Å²) in [6, 6.07) is 4.74. The molecule has 1 aromatic rings. The standard InChI is InChI=1S/C12H12ClNO3/c1-3-17-9(2)7-8-10-5-4-6-11(13)12(10)14(15)16/h4-8H,2-3H2,1H3/b8-7+. The van der Waals surface area contributed by atoms with Gasteiger partial charge in [0.15, 0.2) is 0 Å². The van der Waals surface area contributed by atoms with Gasteiger partial charge in [0, 0.05) is 0 Å². The SMILES string of the molecule is C=C(/C=C/c1cccc(Cl)c1[N+](=O)[O-])OCC. The Morgan fingerprint density at radius 3 is 2.94 bits per heavy atom. The molecule has 0 atom stereocenters. The van der Waals surface area contributed by atoms with Gasteiger partial charge in [0.1, 0.15) is 10.8 Å². The molecule has 0 amide bonds. The van der Waals surface area contributed by atoms with Crippen molar-refractivity contribution in [3.8, 4) is 0 Å². The van der Waals surface area contributed by atoms with Gasteiger partial charge in [0.2, 0.25) is 0 Å². The molecule has 0 radical (unpaired) electrons. The van der Waals surface area contributed by atoms with Crippen LogP contribution < -0.4 is 0 Å². The lowest BCUT2D eigenvalue weighted by Gasteiger charge is -2.01. The Morgan fingerprint density at radius 1 is 1.65 bits per heavy atom. The Kier molecular flexibility index (Phi) is 4.72. The normalized spacial score (nSPS) is 10.5. The summed E-state index contributed by atoms with van der Waals surface area (Å²) in [5, 5.41) is 11.0. The van der Waals surface area contributed by atoms with E-state index in [1.807, 2.05) is 6.92 Å². The molecule has 90 valence electrons. The lowest BCUT2D eigenvalue weighted by molar-refractivity contribution is -0.384. The van der Waals surface area contributed by atoms with Crippen LogP contribution in [0.5, 0.6) is 0 Å². The van der Waals surface area contributed by atoms with E-state index in [1.165, 1.54) is 6.07 Å². The Balaban J connectivity index is 3.02. The van der Waals surface area contributed by atoms with Crippen LogP contribution in [0.3, 0.4) is 0 Å². The van der Waals surface area contributed by atoms with E-state index in [0.717, 1.165) is 0 Å². The molecule has 17 heavy (non-hydrogen) atoms. The fraction of sp³-hybridized carbons (Fsp3) is 0.167. The Labute approximate surface area is 104 Å². The topological polar surface area (TPSA) is 52.4 Å². The van der Waals surface area contributed by atoms with E-state index in [2.05, 4.69) is 6.58 Å². The molecule has 0 saturated carbocycles. The van der Waals surface area contributed by atoms with E-state index in [9.17, 15) is 10.1 Å². The third-order valence-corrected chi connectivity index (χ3v) is 2.28. The van der Waals surface area contributed by atoms with Gasteiger partial charge in [-0.05, 0) is 31.2 Å². The average Bonchev–Trinajstić information content (AvgIpc) is 2.26. The maximum atomic E-state index is 10.8. The molecule has 4 nitrogen and oxygen atoms in total. The number of benzene rings is 1. The minimum atomic E-state index is -0.508. The molecule has 5 heteroatoms. The third-order valence-electron chi connectivity index (χ3n) is 1.98. The molecular weight excluding hydrogens is 242 g/mol. The maximum Gasteiger partial charge on any atom is 0.295 e. The summed E-state index contributed by atoms with van der Waals surface area (Å²) in [7, 11) is 0. The maximum absolute atomic E-state index is 10.8. The van der Waals surface area contributed by atoms with Gasteiger partial charge >= 0.3 is 0 Å². The van der Waals surface area contributed by atoms with Gasteiger partial charge in [-0.1, -0.05) is 24.2 Å². The van der Waals surface area contributed by atoms with Crippen LogP contribution in [0.4, 0.5) is 5.69 Å². The highest BCUT2D eigenvalue weighted by atomic mass is 35.5. The summed E-state index contributed by atoms with van der Waals surface area (Å²) in [5.74, 6) is 0.446. The number of ether oxygens (including phenoxy) is 1. The lowest BCUT2D eigenvalue weighted by atomic mass is 10.1. The van der Waals surface area contributed by atoms with Crippen molar-refractivity contribution < 1.29 is 9.66 Å². The number of rotatable bonds is 5. The average molecular weight is 254 g/mol. The molecule has 0 aliphatic rings. The quantitative estimate of drug-likeness (QED) is 0.347. The first-order chi connectivity index (χ1) is 8.06. The molecule has 0 fully saturated rings. The molecule has 0 aliphatic heterocycles. The predicted molar refractivity (Wildman–Crippen MR) is 67.9 cm³/mol. The Bertz CT molecular complexity index is 469. The summed E-state index contributed by atoms with van der Waals surface area (Å²) in [6.07, 6.45) is 3.13. The lowest BCUT2D eigenvalue weighted by Crippen LogP contribution is -1.92. The molecule has 0 aromatic heterocycles. The fourth-order valence-corrected chi connectivity index (χ4v) is 1.53. The molecular formula is C12H12ClNO3. The second-order valence-corrected chi connectivity index (χ2v) is 3.57. The first-order valence-electron chi connectivity index (χ1n) is 4.99. The summed E-state index contributed by atoms with van der Waals surface area (Å²) in [6.45, 7) is 5.98. The Morgan fingerprint density at radius 2 is 2.35 bits per heavy atom. The van der Waals surface area contributed by atoms with Crippen molar-refractivity contribution in [2.75, 3.05) is 6.61 Å². The van der Waals surface area contributed by atoms with Gasteiger partial charge in [-0.3, -0.25) is 10.1 Å². The number of para-hydroxylation sites is 1. The van der Waals surface area contributed by atoms with Crippen molar-refractivity contribution >= 4 is 23.4 Å². The highest BCUT2D eigenvalue weighted by Crippen LogP contribution is 2.29. The van der Waals surface area contributed by atoms with E-state index in [4.69, 9.17) is 16.3 Å². The monoisotopic (exact) mass is 253 g/mol. The largest absolute Gasteiger partial charge is 0.495 e. The fourth-order valence-electron chi connectivity index (χ4n) is 1.28. The van der Waals surface area contributed by atoms with Gasteiger partial charge in [-0.25, -0.2) is 0 Å². The number of allylic oxidation sites excluding steroid dienone is 1. The first kappa shape index (κ1) is 13.3. The molecule has 0 saturated heterocycles. The van der Waals surface area contributed by atoms with Gasteiger partial charge in [0.05, 0.1) is 17.1 Å². The van der Waals surface area contributed by atoms with Crippen LogP contribution in [0.25, 0.3) is 6.08 Å². The molecule has 0 bridgehead atoms. The second-order valence-electron chi connectivity index (χ2n) is 3.17. The van der Waals surface area contributed by atoms with Crippen LogP contribution in [0.1, 0.15) is 12.5 Å². The number of hydrogen-bond donors (Lipinski definition) is 0. The van der Waals surface area contributed by atoms with Crippen molar-refractivity contribution in [2.45, 2.75) is 6.92 Å². The molecule has 0 aliphatic carbocycles. The van der Waals surface area contributed by atoms with Crippen LogP contribution in [0.2, 0.25) is 5.02 Å². The number of nitro groups is 1. The van der Waals surface area contributed by atoms with Gasteiger partial charge in [-0.2, -0.15) is 0 Å². The zero-order valence-electron chi connectivity index (χ0n) is 9.35. The van der Waals surface area contributed by atoms with Crippen LogP contribution in [0.15, 0.2) is 36.6 Å². The van der Waals surface area contributed by atoms with Gasteiger partial charge in [0.25, 0.3) is 5.69 Å². The summed E-state index contributed by atoms with van der Waals surface area (Å²) in [4.78, 5) is 10.3. The zero-order valence-corrected chi connectivity index (χ0v) is 10.1. The molecule has 1 aromatic carbocycles. The predicted octanol–water partition coefficient (Wildman–Crippen LogP) is 3.81. The minimum absolute atomic E-state index is 0.110. The third kappa shape index (κ3) is 3.60. The molecule has 1 rings (SSSR count). The molecule has 0 N–H and O–H groups in total. The number of nitro benzene ring substituents is 1. The first-order valence-corrected chi connectivity index (χ1v) is 5.36. The summed E-state index contributed by atoms with van der Waals surface area (Å²) in [5.41, 5.74) is 0.304. The number of halogens is 1. The van der Waals surface area contributed by atoms with E-state index in [0.29, 0.717) is 17.9 Å². The van der Waals surface area contributed by atoms with E-state index >= 15 is 0 Å². The molecule has 0 spiro atoms. The second kappa shape index (κ2) is 6.06. The van der Waals surface area contributed by atoms with E-state index < -0.39 is 4.92 Å². The van der Waals surface area contributed by atoms with Crippen LogP contribution in [-0.4, -0.2) is 11.5 Å². The van der Waals surface area contributed by atoms with Crippen molar-refractivity contribution in [1.82, 2.24) is 0 Å². The number of hydrogen-bond acceptors (Lipinski definition) is 3. The number of nitrogens with zero attached hydrogens (tertiary/aromatic N) is 1.